The van der Waals surface area contributed by atoms with Gasteiger partial charge in [0.15, 0.2) is 0 Å². The largest absolute Gasteiger partial charge is 0.344 e. The molecule has 3 rings (SSSR count). The molecular formula is C13H13N3O2. The van der Waals surface area contributed by atoms with Gasteiger partial charge in [-0.05, 0) is 24.6 Å². The quantitative estimate of drug-likeness (QED) is 0.761. The maximum absolute atomic E-state index is 11.8. The summed E-state index contributed by atoms with van der Waals surface area (Å²) in [5.74, 6) is 0.465. The number of nitrogens with zero attached hydrogens (tertiary/aromatic N) is 2. The van der Waals surface area contributed by atoms with E-state index >= 15 is 0 Å². The van der Waals surface area contributed by atoms with Crippen LogP contribution < -0.4 is 5.32 Å². The van der Waals surface area contributed by atoms with Gasteiger partial charge in [0.25, 0.3) is 11.8 Å². The van der Waals surface area contributed by atoms with Gasteiger partial charge in [-0.1, -0.05) is 0 Å². The fourth-order valence-corrected chi connectivity index (χ4v) is 2.25. The van der Waals surface area contributed by atoms with Gasteiger partial charge in [0.05, 0.1) is 11.1 Å². The lowest BCUT2D eigenvalue weighted by molar-refractivity contribution is 0.0693. The third-order valence-corrected chi connectivity index (χ3v) is 3.25. The molecule has 0 bridgehead atoms. The van der Waals surface area contributed by atoms with E-state index < -0.39 is 0 Å². The van der Waals surface area contributed by atoms with Gasteiger partial charge in [0.2, 0.25) is 0 Å². The van der Waals surface area contributed by atoms with Crippen molar-refractivity contribution < 1.29 is 9.59 Å². The summed E-state index contributed by atoms with van der Waals surface area (Å²) >= 11 is 0. The van der Waals surface area contributed by atoms with Gasteiger partial charge in [-0.2, -0.15) is 0 Å². The molecule has 0 fully saturated rings. The Balaban J connectivity index is 1.92. The van der Waals surface area contributed by atoms with Crippen LogP contribution in [0.4, 0.5) is 5.69 Å². The van der Waals surface area contributed by atoms with Crippen molar-refractivity contribution in [2.45, 2.75) is 12.8 Å². The number of rotatable bonds is 1. The number of amidine groups is 1. The number of hydrogen-bond donors (Lipinski definition) is 1. The van der Waals surface area contributed by atoms with E-state index in [1.807, 2.05) is 6.07 Å². The van der Waals surface area contributed by atoms with Crippen LogP contribution in [0.2, 0.25) is 0 Å². The lowest BCUT2D eigenvalue weighted by Gasteiger charge is -2.06. The molecular weight excluding hydrogens is 230 g/mol. The van der Waals surface area contributed by atoms with Gasteiger partial charge < -0.3 is 5.32 Å². The van der Waals surface area contributed by atoms with E-state index in [0.717, 1.165) is 35.8 Å². The number of nitrogens with one attached hydrogen (secondary N) is 1. The fourth-order valence-electron chi connectivity index (χ4n) is 2.25. The first-order valence-corrected chi connectivity index (χ1v) is 5.93. The zero-order valence-corrected chi connectivity index (χ0v) is 10.1. The minimum absolute atomic E-state index is 0.236. The van der Waals surface area contributed by atoms with Crippen molar-refractivity contribution in [3.8, 4) is 0 Å². The minimum atomic E-state index is -0.244. The molecule has 1 aromatic carbocycles. The second-order valence-corrected chi connectivity index (χ2v) is 4.49. The summed E-state index contributed by atoms with van der Waals surface area (Å²) in [6, 6.07) is 5.22. The number of anilines is 1. The van der Waals surface area contributed by atoms with Gasteiger partial charge in [0, 0.05) is 25.7 Å². The van der Waals surface area contributed by atoms with Crippen LogP contribution in [0.25, 0.3) is 0 Å². The predicted octanol–water partition coefficient (Wildman–Crippen LogP) is 1.52. The monoisotopic (exact) mass is 243 g/mol. The SMILES string of the molecule is CN1C(=O)c2ccc(NC3=NCCC3)cc2C1=O. The molecule has 0 saturated carbocycles. The maximum atomic E-state index is 11.8. The summed E-state index contributed by atoms with van der Waals surface area (Å²) in [5, 5.41) is 3.19. The molecule has 18 heavy (non-hydrogen) atoms. The Morgan fingerprint density at radius 3 is 2.72 bits per heavy atom. The van der Waals surface area contributed by atoms with Crippen LogP contribution in [-0.2, 0) is 0 Å². The van der Waals surface area contributed by atoms with E-state index in [1.165, 1.54) is 7.05 Å². The van der Waals surface area contributed by atoms with Gasteiger partial charge in [0.1, 0.15) is 5.84 Å². The summed E-state index contributed by atoms with van der Waals surface area (Å²) in [6.45, 7) is 0.855. The maximum Gasteiger partial charge on any atom is 0.261 e. The summed E-state index contributed by atoms with van der Waals surface area (Å²) < 4.78 is 0. The minimum Gasteiger partial charge on any atom is -0.344 e. The molecule has 0 radical (unpaired) electrons. The number of amides is 2. The Morgan fingerprint density at radius 2 is 2.00 bits per heavy atom. The predicted molar refractivity (Wildman–Crippen MR) is 68.0 cm³/mol. The number of aliphatic imine (C=N–C) groups is 1. The normalized spacial score (nSPS) is 18.1. The van der Waals surface area contributed by atoms with E-state index in [-0.39, 0.29) is 11.8 Å². The Morgan fingerprint density at radius 1 is 1.22 bits per heavy atom. The molecule has 1 N–H and O–H groups in total. The van der Waals surface area contributed by atoms with Crippen LogP contribution in [0.3, 0.4) is 0 Å². The van der Waals surface area contributed by atoms with E-state index in [2.05, 4.69) is 10.3 Å². The average Bonchev–Trinajstić information content (AvgIpc) is 2.95. The topological polar surface area (TPSA) is 61.8 Å². The highest BCUT2D eigenvalue weighted by atomic mass is 16.2. The smallest absolute Gasteiger partial charge is 0.261 e. The molecule has 1 aromatic rings. The van der Waals surface area contributed by atoms with Crippen molar-refractivity contribution in [2.24, 2.45) is 4.99 Å². The highest BCUT2D eigenvalue weighted by Gasteiger charge is 2.32. The molecule has 2 aliphatic rings. The van der Waals surface area contributed by atoms with Crippen LogP contribution in [0.1, 0.15) is 33.6 Å². The van der Waals surface area contributed by atoms with Gasteiger partial charge in [-0.3, -0.25) is 19.5 Å². The number of benzene rings is 1. The number of hydrogen-bond acceptors (Lipinski definition) is 4. The van der Waals surface area contributed by atoms with Gasteiger partial charge in [-0.25, -0.2) is 0 Å². The van der Waals surface area contributed by atoms with Gasteiger partial charge >= 0.3 is 0 Å². The lowest BCUT2D eigenvalue weighted by Crippen LogP contribution is -2.24. The first kappa shape index (κ1) is 11.0. The van der Waals surface area contributed by atoms with E-state index in [9.17, 15) is 9.59 Å². The van der Waals surface area contributed by atoms with Gasteiger partial charge in [-0.15, -0.1) is 0 Å². The Bertz CT molecular complexity index is 578. The Kier molecular flexibility index (Phi) is 2.40. The van der Waals surface area contributed by atoms with Crippen LogP contribution >= 0.6 is 0 Å². The Hall–Kier alpha value is -2.17. The first-order valence-electron chi connectivity index (χ1n) is 5.93. The number of imide groups is 1. The van der Waals surface area contributed by atoms with E-state index in [4.69, 9.17) is 0 Å². The number of carbonyl (C=O) groups excluding carboxylic acids is 2. The van der Waals surface area contributed by atoms with Crippen molar-refractivity contribution in [1.82, 2.24) is 4.90 Å². The Labute approximate surface area is 105 Å². The summed E-state index contributed by atoms with van der Waals surface area (Å²) in [7, 11) is 1.50. The molecule has 2 amide bonds. The molecule has 0 atom stereocenters. The summed E-state index contributed by atoms with van der Waals surface area (Å²) in [4.78, 5) is 29.0. The molecule has 0 spiro atoms. The molecule has 0 aliphatic carbocycles. The average molecular weight is 243 g/mol. The standard InChI is InChI=1S/C13H13N3O2/c1-16-12(17)9-5-4-8(7-10(9)13(16)18)15-11-3-2-6-14-11/h4-5,7H,2-3,6H2,1H3,(H,14,15). The second kappa shape index (κ2) is 3.94. The first-order chi connectivity index (χ1) is 8.66. The highest BCUT2D eigenvalue weighted by molar-refractivity contribution is 6.21. The zero-order valence-electron chi connectivity index (χ0n) is 10.1. The molecule has 0 unspecified atom stereocenters. The van der Waals surface area contributed by atoms with Crippen molar-refractivity contribution in [2.75, 3.05) is 18.9 Å². The molecule has 5 heteroatoms. The molecule has 2 heterocycles. The molecule has 92 valence electrons. The van der Waals surface area contributed by atoms with Crippen molar-refractivity contribution in [3.63, 3.8) is 0 Å². The van der Waals surface area contributed by atoms with Crippen molar-refractivity contribution in [3.05, 3.63) is 29.3 Å². The zero-order chi connectivity index (χ0) is 12.7. The summed E-state index contributed by atoms with van der Waals surface area (Å²) in [6.07, 6.45) is 2.00. The van der Waals surface area contributed by atoms with Crippen molar-refractivity contribution in [1.29, 1.82) is 0 Å². The molecule has 0 saturated heterocycles. The van der Waals surface area contributed by atoms with Crippen LogP contribution in [0, 0.1) is 0 Å². The van der Waals surface area contributed by atoms with E-state index in [1.54, 1.807) is 12.1 Å². The number of fused-ring (bicyclic) bond motifs is 1. The second-order valence-electron chi connectivity index (χ2n) is 4.49. The van der Waals surface area contributed by atoms with Crippen LogP contribution in [-0.4, -0.2) is 36.1 Å². The lowest BCUT2D eigenvalue weighted by atomic mass is 10.1. The molecule has 2 aliphatic heterocycles. The molecule has 0 aromatic heterocycles. The summed E-state index contributed by atoms with van der Waals surface area (Å²) in [5.41, 5.74) is 1.75. The van der Waals surface area contributed by atoms with Crippen molar-refractivity contribution >= 4 is 23.3 Å². The van der Waals surface area contributed by atoms with Crippen LogP contribution in [0.5, 0.6) is 0 Å². The fraction of sp³-hybridized carbons (Fsp3) is 0.308. The van der Waals surface area contributed by atoms with E-state index in [0.29, 0.717) is 11.1 Å². The third-order valence-electron chi connectivity index (χ3n) is 3.25. The number of carbonyl (C=O) groups is 2. The molecule has 5 nitrogen and oxygen atoms in total. The van der Waals surface area contributed by atoms with Crippen LogP contribution in [0.15, 0.2) is 23.2 Å². The highest BCUT2D eigenvalue weighted by Crippen LogP contribution is 2.25. The third kappa shape index (κ3) is 1.59.